The molecule has 1 heterocycles. The average molecular weight is 445 g/mol. The van der Waals surface area contributed by atoms with Crippen molar-refractivity contribution in [2.24, 2.45) is 5.92 Å². The molecule has 0 spiro atoms. The summed E-state index contributed by atoms with van der Waals surface area (Å²) in [6, 6.07) is 13.2. The van der Waals surface area contributed by atoms with Gasteiger partial charge in [0.25, 0.3) is 0 Å². The Hall–Kier alpha value is -2.37. The summed E-state index contributed by atoms with van der Waals surface area (Å²) in [5, 5.41) is 4.84. The highest BCUT2D eigenvalue weighted by Gasteiger charge is 2.16. The molecule has 2 aromatic carbocycles. The van der Waals surface area contributed by atoms with Gasteiger partial charge in [-0.2, -0.15) is 0 Å². The lowest BCUT2D eigenvalue weighted by molar-refractivity contribution is 0.0601. The highest BCUT2D eigenvalue weighted by Crippen LogP contribution is 2.35. The van der Waals surface area contributed by atoms with Crippen LogP contribution < -0.4 is 5.32 Å². The van der Waals surface area contributed by atoms with Gasteiger partial charge in [-0.1, -0.05) is 57.5 Å². The molecule has 0 aliphatic rings. The molecule has 0 atom stereocenters. The van der Waals surface area contributed by atoms with Crippen molar-refractivity contribution in [3.8, 4) is 11.3 Å². The molecule has 0 aliphatic heterocycles. The summed E-state index contributed by atoms with van der Waals surface area (Å²) in [5.74, 6) is 0.147. The largest absolute Gasteiger partial charge is 0.465 e. The van der Waals surface area contributed by atoms with E-state index in [-0.39, 0.29) is 5.97 Å². The second-order valence-electron chi connectivity index (χ2n) is 7.05. The van der Waals surface area contributed by atoms with E-state index >= 15 is 0 Å². The number of ether oxygens (including phenoxy) is 1. The van der Waals surface area contributed by atoms with Gasteiger partial charge in [0.15, 0.2) is 5.13 Å². The third kappa shape index (κ3) is 6.07. The van der Waals surface area contributed by atoms with Crippen LogP contribution in [0.5, 0.6) is 0 Å². The Morgan fingerprint density at radius 1 is 1.20 bits per heavy atom. The summed E-state index contributed by atoms with van der Waals surface area (Å²) in [6.45, 7) is 10.4. The predicted octanol–water partition coefficient (Wildman–Crippen LogP) is 7.53. The van der Waals surface area contributed by atoms with E-state index in [4.69, 9.17) is 21.3 Å². The van der Waals surface area contributed by atoms with Crippen molar-refractivity contribution in [3.05, 3.63) is 63.5 Å². The standard InChI is InChI=1S/C22H23ClN2O2S.C2H6/c1-13(2)10-19-20(15-9-8-14(3)18(23)12-15)25-22(28-19)24-17-7-5-6-16(11-17)21(26)27-4;1-2/h5-9,11-13H,10H2,1-4H3,(H,24,25);1-2H3. The van der Waals surface area contributed by atoms with Crippen LogP contribution in [0.25, 0.3) is 11.3 Å². The van der Waals surface area contributed by atoms with E-state index in [2.05, 4.69) is 25.2 Å². The molecule has 0 saturated carbocycles. The van der Waals surface area contributed by atoms with Crippen LogP contribution in [0.3, 0.4) is 0 Å². The fourth-order valence-corrected chi connectivity index (χ4v) is 4.24. The summed E-state index contributed by atoms with van der Waals surface area (Å²) in [6.07, 6.45) is 0.933. The number of halogens is 1. The van der Waals surface area contributed by atoms with Crippen molar-refractivity contribution < 1.29 is 9.53 Å². The highest BCUT2D eigenvalue weighted by atomic mass is 35.5. The number of nitrogens with one attached hydrogen (secondary N) is 1. The number of hydrogen-bond donors (Lipinski definition) is 1. The lowest BCUT2D eigenvalue weighted by Gasteiger charge is -2.06. The predicted molar refractivity (Wildman–Crippen MR) is 128 cm³/mol. The van der Waals surface area contributed by atoms with Crippen molar-refractivity contribution in [2.75, 3.05) is 12.4 Å². The number of carbonyl (C=O) groups excluding carboxylic acids is 1. The topological polar surface area (TPSA) is 51.2 Å². The molecule has 3 rings (SSSR count). The minimum Gasteiger partial charge on any atom is -0.465 e. The molecular weight excluding hydrogens is 416 g/mol. The van der Waals surface area contributed by atoms with E-state index in [1.165, 1.54) is 12.0 Å². The maximum atomic E-state index is 11.8. The van der Waals surface area contributed by atoms with Gasteiger partial charge < -0.3 is 10.1 Å². The maximum absolute atomic E-state index is 11.8. The Labute approximate surface area is 188 Å². The Morgan fingerprint density at radius 2 is 1.93 bits per heavy atom. The summed E-state index contributed by atoms with van der Waals surface area (Å²) in [7, 11) is 1.38. The maximum Gasteiger partial charge on any atom is 0.337 e. The Balaban J connectivity index is 0.00000155. The first kappa shape index (κ1) is 23.9. The zero-order valence-corrected chi connectivity index (χ0v) is 19.9. The van der Waals surface area contributed by atoms with Crippen LogP contribution in [0.1, 0.15) is 48.5 Å². The first-order chi connectivity index (χ1) is 14.4. The number of rotatable bonds is 6. The summed E-state index contributed by atoms with van der Waals surface area (Å²) < 4.78 is 4.79. The highest BCUT2D eigenvalue weighted by molar-refractivity contribution is 7.16. The van der Waals surface area contributed by atoms with Gasteiger partial charge in [-0.05, 0) is 49.1 Å². The Kier molecular flexibility index (Phi) is 8.88. The normalized spacial score (nSPS) is 10.4. The number of aromatic nitrogens is 1. The van der Waals surface area contributed by atoms with Gasteiger partial charge in [0.1, 0.15) is 0 Å². The van der Waals surface area contributed by atoms with E-state index in [0.29, 0.717) is 11.5 Å². The third-order valence-corrected chi connectivity index (χ3v) is 5.67. The summed E-state index contributed by atoms with van der Waals surface area (Å²) >= 11 is 7.96. The summed E-state index contributed by atoms with van der Waals surface area (Å²) in [5.41, 5.74) is 4.30. The number of benzene rings is 2. The lowest BCUT2D eigenvalue weighted by Crippen LogP contribution is -2.01. The molecule has 0 saturated heterocycles. The number of hydrogen-bond acceptors (Lipinski definition) is 5. The minimum atomic E-state index is -0.363. The lowest BCUT2D eigenvalue weighted by atomic mass is 10.0. The fraction of sp³-hybridized carbons (Fsp3) is 0.333. The van der Waals surface area contributed by atoms with Gasteiger partial charge in [-0.3, -0.25) is 0 Å². The Bertz CT molecular complexity index is 999. The quantitative estimate of drug-likeness (QED) is 0.399. The molecule has 30 heavy (non-hydrogen) atoms. The molecule has 0 amide bonds. The minimum absolute atomic E-state index is 0.363. The second-order valence-corrected chi connectivity index (χ2v) is 8.54. The van der Waals surface area contributed by atoms with Crippen molar-refractivity contribution >= 4 is 39.7 Å². The zero-order valence-electron chi connectivity index (χ0n) is 18.4. The van der Waals surface area contributed by atoms with E-state index < -0.39 is 0 Å². The molecule has 0 fully saturated rings. The van der Waals surface area contributed by atoms with Crippen LogP contribution in [-0.2, 0) is 11.2 Å². The zero-order chi connectivity index (χ0) is 22.3. The molecule has 6 heteroatoms. The molecular formula is C24H29ClN2O2S. The molecule has 0 aliphatic carbocycles. The van der Waals surface area contributed by atoms with Gasteiger partial charge in [-0.15, -0.1) is 11.3 Å². The number of carbonyl (C=O) groups is 1. The molecule has 1 aromatic heterocycles. The number of esters is 1. The van der Waals surface area contributed by atoms with Crippen LogP contribution in [-0.4, -0.2) is 18.1 Å². The number of aryl methyl sites for hydroxylation is 1. The number of methoxy groups -OCH3 is 1. The third-order valence-electron chi connectivity index (χ3n) is 4.27. The van der Waals surface area contributed by atoms with E-state index in [1.54, 1.807) is 23.5 Å². The number of nitrogens with zero attached hydrogens (tertiary/aromatic N) is 1. The van der Waals surface area contributed by atoms with Crippen LogP contribution in [0.4, 0.5) is 10.8 Å². The molecule has 0 unspecified atom stereocenters. The second kappa shape index (κ2) is 11.1. The van der Waals surface area contributed by atoms with Gasteiger partial charge in [0.2, 0.25) is 0 Å². The number of anilines is 2. The molecule has 0 radical (unpaired) electrons. The molecule has 1 N–H and O–H groups in total. The summed E-state index contributed by atoms with van der Waals surface area (Å²) in [4.78, 5) is 17.8. The Morgan fingerprint density at radius 3 is 2.57 bits per heavy atom. The van der Waals surface area contributed by atoms with Crippen molar-refractivity contribution in [1.29, 1.82) is 0 Å². The first-order valence-corrected chi connectivity index (χ1v) is 11.3. The van der Waals surface area contributed by atoms with E-state index in [0.717, 1.165) is 39.1 Å². The monoisotopic (exact) mass is 444 g/mol. The van der Waals surface area contributed by atoms with Crippen molar-refractivity contribution in [1.82, 2.24) is 4.98 Å². The SMILES string of the molecule is CC.COC(=O)c1cccc(Nc2nc(-c3ccc(C)c(Cl)c3)c(CC(C)C)s2)c1. The van der Waals surface area contributed by atoms with Gasteiger partial charge in [0.05, 0.1) is 18.4 Å². The smallest absolute Gasteiger partial charge is 0.337 e. The average Bonchev–Trinajstić information content (AvgIpc) is 3.12. The van der Waals surface area contributed by atoms with Gasteiger partial charge in [-0.25, -0.2) is 9.78 Å². The molecule has 0 bridgehead atoms. The van der Waals surface area contributed by atoms with Gasteiger partial charge in [0, 0.05) is 21.2 Å². The van der Waals surface area contributed by atoms with Crippen molar-refractivity contribution in [2.45, 2.75) is 41.0 Å². The molecule has 4 nitrogen and oxygen atoms in total. The first-order valence-electron chi connectivity index (χ1n) is 10.1. The van der Waals surface area contributed by atoms with Crippen molar-refractivity contribution in [3.63, 3.8) is 0 Å². The molecule has 3 aromatic rings. The van der Waals surface area contributed by atoms with E-state index in [1.807, 2.05) is 45.0 Å². The van der Waals surface area contributed by atoms with E-state index in [9.17, 15) is 4.79 Å². The van der Waals surface area contributed by atoms with Crippen LogP contribution in [0.2, 0.25) is 5.02 Å². The fourth-order valence-electron chi connectivity index (χ4n) is 2.85. The molecule has 160 valence electrons. The number of thiazole rings is 1. The van der Waals surface area contributed by atoms with Crippen LogP contribution >= 0.6 is 22.9 Å². The van der Waals surface area contributed by atoms with Crippen LogP contribution in [0, 0.1) is 12.8 Å². The van der Waals surface area contributed by atoms with Crippen LogP contribution in [0.15, 0.2) is 42.5 Å². The van der Waals surface area contributed by atoms with Gasteiger partial charge >= 0.3 is 5.97 Å².